The largest absolute Gasteiger partial charge is 0.0832 e. The molecule has 2 aromatic carbocycles. The first kappa shape index (κ1) is 9.23. The van der Waals surface area contributed by atoms with Gasteiger partial charge in [-0.25, -0.2) is 0 Å². The Labute approximate surface area is 102 Å². The van der Waals surface area contributed by atoms with Crippen molar-refractivity contribution in [2.45, 2.75) is 19.3 Å². The van der Waals surface area contributed by atoms with Crippen LogP contribution in [0, 0.1) is 6.92 Å². The van der Waals surface area contributed by atoms with Gasteiger partial charge in [-0.2, -0.15) is 0 Å². The highest BCUT2D eigenvalue weighted by atomic mass is 14.3. The normalized spacial score (nSPS) is 19.0. The van der Waals surface area contributed by atoms with Gasteiger partial charge in [0.1, 0.15) is 0 Å². The number of rotatable bonds is 0. The number of benzene rings is 2. The zero-order valence-electron chi connectivity index (χ0n) is 9.90. The van der Waals surface area contributed by atoms with E-state index in [2.05, 4.69) is 55.5 Å². The van der Waals surface area contributed by atoms with Gasteiger partial charge in [0.05, 0.1) is 0 Å². The van der Waals surface area contributed by atoms with Gasteiger partial charge in [-0.15, -0.1) is 0 Å². The Kier molecular flexibility index (Phi) is 1.69. The van der Waals surface area contributed by atoms with Crippen molar-refractivity contribution in [2.75, 3.05) is 0 Å². The van der Waals surface area contributed by atoms with E-state index in [-0.39, 0.29) is 0 Å². The van der Waals surface area contributed by atoms with Crippen molar-refractivity contribution in [2.24, 2.45) is 0 Å². The van der Waals surface area contributed by atoms with E-state index >= 15 is 0 Å². The second-order valence-corrected chi connectivity index (χ2v) is 5.03. The molecule has 0 fully saturated rings. The van der Waals surface area contributed by atoms with Crippen molar-refractivity contribution >= 4 is 0 Å². The van der Waals surface area contributed by atoms with Gasteiger partial charge < -0.3 is 0 Å². The lowest BCUT2D eigenvalue weighted by Crippen LogP contribution is -2.02. The smallest absolute Gasteiger partial charge is 0.0284 e. The molecule has 0 heteroatoms. The molecule has 2 aliphatic rings. The maximum absolute atomic E-state index is 2.37. The molecule has 0 N–H and O–H groups in total. The zero-order chi connectivity index (χ0) is 11.4. The average Bonchev–Trinajstić information content (AvgIpc) is 2.71. The molecular formula is C17H14. The van der Waals surface area contributed by atoms with Gasteiger partial charge in [-0.3, -0.25) is 0 Å². The first-order chi connectivity index (χ1) is 8.36. The first-order valence-electron chi connectivity index (χ1n) is 6.24. The highest BCUT2D eigenvalue weighted by Crippen LogP contribution is 2.49. The Morgan fingerprint density at radius 1 is 1.06 bits per heavy atom. The summed E-state index contributed by atoms with van der Waals surface area (Å²) in [6.07, 6.45) is 5.78. The van der Waals surface area contributed by atoms with E-state index in [1.807, 2.05) is 0 Å². The van der Waals surface area contributed by atoms with Crippen molar-refractivity contribution in [3.05, 3.63) is 70.8 Å². The fraction of sp³-hybridized carbons (Fsp3) is 0.176. The molecule has 82 valence electrons. The summed E-state index contributed by atoms with van der Waals surface area (Å²) >= 11 is 0. The molecule has 0 radical (unpaired) electrons. The first-order valence-corrected chi connectivity index (χ1v) is 6.24. The van der Waals surface area contributed by atoms with Gasteiger partial charge in [0.25, 0.3) is 0 Å². The molecule has 0 aliphatic heterocycles. The van der Waals surface area contributed by atoms with E-state index < -0.39 is 0 Å². The number of aryl methyl sites for hydroxylation is 1. The van der Waals surface area contributed by atoms with Crippen LogP contribution in [-0.2, 0) is 6.42 Å². The lowest BCUT2D eigenvalue weighted by Gasteiger charge is -2.18. The number of allylic oxidation sites excluding steroid dienone is 2. The molecular weight excluding hydrogens is 204 g/mol. The number of fused-ring (bicyclic) bond motifs is 3. The Morgan fingerprint density at radius 3 is 2.88 bits per heavy atom. The van der Waals surface area contributed by atoms with Crippen LogP contribution in [0.5, 0.6) is 0 Å². The second kappa shape index (κ2) is 3.10. The highest BCUT2D eigenvalue weighted by Gasteiger charge is 2.31. The summed E-state index contributed by atoms with van der Waals surface area (Å²) in [5.41, 5.74) is 8.90. The molecule has 0 heterocycles. The topological polar surface area (TPSA) is 0 Å². The van der Waals surface area contributed by atoms with Crippen molar-refractivity contribution in [3.8, 4) is 11.1 Å². The van der Waals surface area contributed by atoms with E-state index in [4.69, 9.17) is 0 Å². The lowest BCUT2D eigenvalue weighted by atomic mass is 9.86. The van der Waals surface area contributed by atoms with E-state index in [0.29, 0.717) is 5.92 Å². The Hall–Kier alpha value is -1.82. The average molecular weight is 218 g/mol. The molecule has 1 unspecified atom stereocenters. The van der Waals surface area contributed by atoms with Gasteiger partial charge in [0.2, 0.25) is 0 Å². The van der Waals surface area contributed by atoms with Crippen molar-refractivity contribution in [1.82, 2.24) is 0 Å². The van der Waals surface area contributed by atoms with Gasteiger partial charge >= 0.3 is 0 Å². The summed E-state index contributed by atoms with van der Waals surface area (Å²) in [5, 5.41) is 0. The minimum absolute atomic E-state index is 0.504. The molecule has 0 amide bonds. The predicted molar refractivity (Wildman–Crippen MR) is 71.3 cm³/mol. The van der Waals surface area contributed by atoms with Crippen LogP contribution in [0.1, 0.15) is 28.2 Å². The Morgan fingerprint density at radius 2 is 1.94 bits per heavy atom. The lowest BCUT2D eigenvalue weighted by molar-refractivity contribution is 0.985. The monoisotopic (exact) mass is 218 g/mol. The molecule has 0 spiro atoms. The summed E-state index contributed by atoms with van der Waals surface area (Å²) in [5.74, 6) is 0.504. The van der Waals surface area contributed by atoms with Crippen molar-refractivity contribution in [3.63, 3.8) is 0 Å². The van der Waals surface area contributed by atoms with E-state index in [1.54, 1.807) is 5.56 Å². The Bertz CT molecular complexity index is 647. The van der Waals surface area contributed by atoms with Crippen LogP contribution in [0.4, 0.5) is 0 Å². The molecule has 2 aliphatic carbocycles. The molecule has 17 heavy (non-hydrogen) atoms. The van der Waals surface area contributed by atoms with Gasteiger partial charge in [-0.05, 0) is 46.7 Å². The summed E-state index contributed by atoms with van der Waals surface area (Å²) in [7, 11) is 0. The fourth-order valence-corrected chi connectivity index (χ4v) is 3.34. The molecule has 2 aromatic rings. The van der Waals surface area contributed by atoms with E-state index in [0.717, 1.165) is 6.42 Å². The van der Waals surface area contributed by atoms with Crippen LogP contribution >= 0.6 is 0 Å². The maximum atomic E-state index is 2.37. The molecule has 0 bridgehead atoms. The van der Waals surface area contributed by atoms with Crippen LogP contribution in [0.25, 0.3) is 11.1 Å². The minimum Gasteiger partial charge on any atom is -0.0832 e. The third kappa shape index (κ3) is 1.08. The predicted octanol–water partition coefficient (Wildman–Crippen LogP) is 4.22. The quantitative estimate of drug-likeness (QED) is 0.581. The highest BCUT2D eigenvalue weighted by molar-refractivity contribution is 5.84. The van der Waals surface area contributed by atoms with Crippen LogP contribution in [0.15, 0.2) is 48.6 Å². The molecule has 0 saturated heterocycles. The Balaban J connectivity index is 2.16. The van der Waals surface area contributed by atoms with Gasteiger partial charge in [0, 0.05) is 5.92 Å². The van der Waals surface area contributed by atoms with Crippen LogP contribution in [0.3, 0.4) is 0 Å². The van der Waals surface area contributed by atoms with Gasteiger partial charge in [-0.1, -0.05) is 48.6 Å². The van der Waals surface area contributed by atoms with Gasteiger partial charge in [0.15, 0.2) is 0 Å². The second-order valence-electron chi connectivity index (χ2n) is 5.03. The summed E-state index contributed by atoms with van der Waals surface area (Å²) in [6.45, 7) is 2.23. The zero-order valence-corrected chi connectivity index (χ0v) is 9.90. The number of hydrogen-bond donors (Lipinski definition) is 0. The third-order valence-corrected chi connectivity index (χ3v) is 4.09. The number of hydrogen-bond acceptors (Lipinski definition) is 0. The molecule has 1 atom stereocenters. The summed E-state index contributed by atoms with van der Waals surface area (Å²) < 4.78 is 0. The summed E-state index contributed by atoms with van der Waals surface area (Å²) in [4.78, 5) is 0. The molecule has 0 aromatic heterocycles. The van der Waals surface area contributed by atoms with Crippen LogP contribution in [-0.4, -0.2) is 0 Å². The maximum Gasteiger partial charge on any atom is 0.0284 e. The molecule has 0 nitrogen and oxygen atoms in total. The van der Waals surface area contributed by atoms with Crippen molar-refractivity contribution in [1.29, 1.82) is 0 Å². The molecule has 4 rings (SSSR count). The third-order valence-electron chi connectivity index (χ3n) is 4.09. The van der Waals surface area contributed by atoms with Crippen LogP contribution in [0.2, 0.25) is 0 Å². The summed E-state index contributed by atoms with van der Waals surface area (Å²) in [6, 6.07) is 13.4. The van der Waals surface area contributed by atoms with E-state index in [9.17, 15) is 0 Å². The SMILES string of the molecule is Cc1ccc2c3c1-c1ccccc1C3C=CC2. The van der Waals surface area contributed by atoms with Crippen LogP contribution < -0.4 is 0 Å². The minimum atomic E-state index is 0.504. The van der Waals surface area contributed by atoms with E-state index in [1.165, 1.54) is 27.8 Å². The fourth-order valence-electron chi connectivity index (χ4n) is 3.34. The standard InChI is InChI=1S/C17H14/c1-11-9-10-12-5-4-8-15-13-6-2-3-7-14(13)16(11)17(12)15/h2-4,6-10,15H,5H2,1H3. The molecule has 0 saturated carbocycles. The van der Waals surface area contributed by atoms with Crippen molar-refractivity contribution < 1.29 is 0 Å².